The highest BCUT2D eigenvalue weighted by atomic mass is 16.5. The first-order valence-corrected chi connectivity index (χ1v) is 8.75. The van der Waals surface area contributed by atoms with Crippen molar-refractivity contribution in [2.24, 2.45) is 0 Å². The monoisotopic (exact) mass is 352 g/mol. The summed E-state index contributed by atoms with van der Waals surface area (Å²) < 4.78 is 7.77. The summed E-state index contributed by atoms with van der Waals surface area (Å²) >= 11 is 0. The van der Waals surface area contributed by atoms with E-state index < -0.39 is 12.0 Å². The van der Waals surface area contributed by atoms with Gasteiger partial charge in [0, 0.05) is 34.8 Å². The van der Waals surface area contributed by atoms with E-state index in [2.05, 4.69) is 34.1 Å². The fraction of sp³-hybridized carbons (Fsp3) is 0.300. The second-order valence-corrected chi connectivity index (χ2v) is 6.60. The second-order valence-electron chi connectivity index (χ2n) is 6.60. The zero-order chi connectivity index (χ0) is 18.1. The van der Waals surface area contributed by atoms with Crippen molar-refractivity contribution < 1.29 is 19.4 Å². The Labute approximate surface area is 150 Å². The zero-order valence-corrected chi connectivity index (χ0v) is 14.2. The Balaban J connectivity index is 1.56. The number of carbonyl (C=O) groups excluding carboxylic acids is 1. The number of aliphatic carboxylic acids is 1. The topological polar surface area (TPSA) is 80.6 Å². The van der Waals surface area contributed by atoms with Crippen molar-refractivity contribution in [2.75, 3.05) is 6.54 Å². The van der Waals surface area contributed by atoms with Gasteiger partial charge in [-0.25, -0.2) is 0 Å². The Morgan fingerprint density at radius 1 is 1.12 bits per heavy atom. The molecule has 0 spiro atoms. The standard InChI is InChI=1S/C20H20N2O4/c23-19(24)10-9-16-20(25)26-13(11-21-16)12-22-17-7-3-1-5-14(17)15-6-2-4-8-18(15)22/h1-8,13,16,21H,9-12H2,(H,23,24)/t13-,16+/m1/s1. The SMILES string of the molecule is O=C(O)CC[C@@H]1NC[C@H](Cn2c3ccccc3c3ccccc32)OC1=O. The lowest BCUT2D eigenvalue weighted by Crippen LogP contribution is -2.51. The fourth-order valence-electron chi connectivity index (χ4n) is 3.64. The molecular formula is C20H20N2O4. The van der Waals surface area contributed by atoms with Gasteiger partial charge in [0.25, 0.3) is 0 Å². The molecule has 2 heterocycles. The molecule has 4 rings (SSSR count). The maximum Gasteiger partial charge on any atom is 0.323 e. The predicted molar refractivity (Wildman–Crippen MR) is 98.0 cm³/mol. The summed E-state index contributed by atoms with van der Waals surface area (Å²) in [5.41, 5.74) is 2.22. The van der Waals surface area contributed by atoms with Crippen LogP contribution in [0.2, 0.25) is 0 Å². The highest BCUT2D eigenvalue weighted by molar-refractivity contribution is 6.07. The molecule has 6 heteroatoms. The van der Waals surface area contributed by atoms with E-state index in [9.17, 15) is 9.59 Å². The number of hydrogen-bond donors (Lipinski definition) is 2. The molecule has 2 aromatic carbocycles. The van der Waals surface area contributed by atoms with Gasteiger partial charge in [-0.05, 0) is 18.6 Å². The first kappa shape index (κ1) is 16.6. The molecule has 26 heavy (non-hydrogen) atoms. The van der Waals surface area contributed by atoms with Gasteiger partial charge in [0.15, 0.2) is 0 Å². The van der Waals surface area contributed by atoms with Crippen LogP contribution in [0.4, 0.5) is 0 Å². The van der Waals surface area contributed by atoms with Gasteiger partial charge in [0.2, 0.25) is 0 Å². The van der Waals surface area contributed by atoms with Crippen molar-refractivity contribution in [1.29, 1.82) is 0 Å². The number of carbonyl (C=O) groups is 2. The first-order chi connectivity index (χ1) is 12.6. The molecule has 0 unspecified atom stereocenters. The molecule has 2 N–H and O–H groups in total. The third-order valence-electron chi connectivity index (χ3n) is 4.87. The number of benzene rings is 2. The summed E-state index contributed by atoms with van der Waals surface area (Å²) in [6.07, 6.45) is -0.0941. The summed E-state index contributed by atoms with van der Waals surface area (Å²) in [5, 5.41) is 14.3. The molecule has 1 aliphatic heterocycles. The van der Waals surface area contributed by atoms with Crippen LogP contribution in [-0.4, -0.2) is 40.3 Å². The average molecular weight is 352 g/mol. The number of cyclic esters (lactones) is 1. The molecule has 2 atom stereocenters. The number of carboxylic acid groups (broad SMARTS) is 1. The molecule has 0 aliphatic carbocycles. The van der Waals surface area contributed by atoms with Crippen LogP contribution in [0.5, 0.6) is 0 Å². The van der Waals surface area contributed by atoms with E-state index in [4.69, 9.17) is 9.84 Å². The summed E-state index contributed by atoms with van der Waals surface area (Å²) in [7, 11) is 0. The van der Waals surface area contributed by atoms with Crippen molar-refractivity contribution in [1.82, 2.24) is 9.88 Å². The molecule has 134 valence electrons. The zero-order valence-electron chi connectivity index (χ0n) is 14.2. The van der Waals surface area contributed by atoms with Gasteiger partial charge in [-0.1, -0.05) is 36.4 Å². The number of ether oxygens (including phenoxy) is 1. The van der Waals surface area contributed by atoms with Gasteiger partial charge in [-0.2, -0.15) is 0 Å². The smallest absolute Gasteiger partial charge is 0.323 e. The third-order valence-corrected chi connectivity index (χ3v) is 4.87. The van der Waals surface area contributed by atoms with E-state index >= 15 is 0 Å². The van der Waals surface area contributed by atoms with Crippen LogP contribution in [0.25, 0.3) is 21.8 Å². The van der Waals surface area contributed by atoms with Crippen molar-refractivity contribution in [3.63, 3.8) is 0 Å². The molecular weight excluding hydrogens is 332 g/mol. The van der Waals surface area contributed by atoms with Crippen molar-refractivity contribution in [3.05, 3.63) is 48.5 Å². The molecule has 0 bridgehead atoms. The molecule has 1 fully saturated rings. The van der Waals surface area contributed by atoms with E-state index in [0.29, 0.717) is 13.1 Å². The number of esters is 1. The van der Waals surface area contributed by atoms with E-state index in [1.165, 1.54) is 10.8 Å². The first-order valence-electron chi connectivity index (χ1n) is 8.75. The van der Waals surface area contributed by atoms with Crippen LogP contribution in [0, 0.1) is 0 Å². The average Bonchev–Trinajstić information content (AvgIpc) is 2.95. The molecule has 0 amide bonds. The fourth-order valence-corrected chi connectivity index (χ4v) is 3.64. The number of fused-ring (bicyclic) bond motifs is 3. The van der Waals surface area contributed by atoms with Crippen LogP contribution in [0.15, 0.2) is 48.5 Å². The highest BCUT2D eigenvalue weighted by Gasteiger charge is 2.30. The number of nitrogens with zero attached hydrogens (tertiary/aromatic N) is 1. The van der Waals surface area contributed by atoms with E-state index in [-0.39, 0.29) is 24.9 Å². The van der Waals surface area contributed by atoms with Gasteiger partial charge in [0.05, 0.1) is 6.54 Å². The van der Waals surface area contributed by atoms with Gasteiger partial charge >= 0.3 is 11.9 Å². The third kappa shape index (κ3) is 3.04. The minimum atomic E-state index is -0.910. The van der Waals surface area contributed by atoms with Crippen LogP contribution in [0.1, 0.15) is 12.8 Å². The Kier molecular flexibility index (Phi) is 4.34. The minimum absolute atomic E-state index is 0.0513. The lowest BCUT2D eigenvalue weighted by molar-refractivity contribution is -0.157. The number of para-hydroxylation sites is 2. The largest absolute Gasteiger partial charge is 0.481 e. The van der Waals surface area contributed by atoms with Gasteiger partial charge in [-0.3, -0.25) is 9.59 Å². The summed E-state index contributed by atoms with van der Waals surface area (Å²) in [4.78, 5) is 22.9. The second kappa shape index (κ2) is 6.80. The predicted octanol–water partition coefficient (Wildman–Crippen LogP) is 2.54. The minimum Gasteiger partial charge on any atom is -0.481 e. The quantitative estimate of drug-likeness (QED) is 0.690. The Hall–Kier alpha value is -2.86. The molecule has 1 saturated heterocycles. The maximum absolute atomic E-state index is 12.2. The van der Waals surface area contributed by atoms with Gasteiger partial charge in [0.1, 0.15) is 12.1 Å². The summed E-state index contributed by atoms with van der Waals surface area (Å²) in [6.45, 7) is 1.06. The molecule has 1 aliphatic rings. The van der Waals surface area contributed by atoms with Crippen LogP contribution in [-0.2, 0) is 20.9 Å². The molecule has 3 aromatic rings. The molecule has 6 nitrogen and oxygen atoms in total. The molecule has 1 aromatic heterocycles. The maximum atomic E-state index is 12.2. The number of morpholine rings is 1. The number of hydrogen-bond acceptors (Lipinski definition) is 4. The van der Waals surface area contributed by atoms with Crippen LogP contribution >= 0.6 is 0 Å². The number of nitrogens with one attached hydrogen (secondary N) is 1. The molecule has 0 saturated carbocycles. The highest BCUT2D eigenvalue weighted by Crippen LogP contribution is 2.29. The van der Waals surface area contributed by atoms with Crippen molar-refractivity contribution in [3.8, 4) is 0 Å². The van der Waals surface area contributed by atoms with E-state index in [0.717, 1.165) is 11.0 Å². The lowest BCUT2D eigenvalue weighted by atomic mass is 10.1. The van der Waals surface area contributed by atoms with E-state index in [1.807, 2.05) is 24.3 Å². The summed E-state index contributed by atoms with van der Waals surface area (Å²) in [6, 6.07) is 15.9. The Morgan fingerprint density at radius 2 is 1.73 bits per heavy atom. The lowest BCUT2D eigenvalue weighted by Gasteiger charge is -2.29. The number of rotatable bonds is 5. The Morgan fingerprint density at radius 3 is 2.31 bits per heavy atom. The Bertz CT molecular complexity index is 925. The van der Waals surface area contributed by atoms with Gasteiger partial charge < -0.3 is 19.7 Å². The number of carboxylic acids is 1. The summed E-state index contributed by atoms with van der Waals surface area (Å²) in [5.74, 6) is -1.28. The van der Waals surface area contributed by atoms with Crippen LogP contribution < -0.4 is 5.32 Å². The van der Waals surface area contributed by atoms with E-state index in [1.54, 1.807) is 0 Å². The van der Waals surface area contributed by atoms with Crippen molar-refractivity contribution >= 4 is 33.7 Å². The van der Waals surface area contributed by atoms with Gasteiger partial charge in [-0.15, -0.1) is 0 Å². The normalized spacial score (nSPS) is 20.4. The number of aromatic nitrogens is 1. The van der Waals surface area contributed by atoms with Crippen molar-refractivity contribution in [2.45, 2.75) is 31.5 Å². The van der Waals surface area contributed by atoms with Crippen LogP contribution in [0.3, 0.4) is 0 Å². The molecule has 0 radical (unpaired) electrons.